The number of hydrogen-bond donors (Lipinski definition) is 2. The van der Waals surface area contributed by atoms with Crippen molar-refractivity contribution in [3.05, 3.63) is 30.1 Å². The molecule has 0 bridgehead atoms. The van der Waals surface area contributed by atoms with Crippen LogP contribution in [0.1, 0.15) is 20.8 Å². The second-order valence-electron chi connectivity index (χ2n) is 5.22. The fourth-order valence-electron chi connectivity index (χ4n) is 1.41. The molecule has 0 fully saturated rings. The van der Waals surface area contributed by atoms with E-state index in [1.54, 1.807) is 26.8 Å². The van der Waals surface area contributed by atoms with E-state index in [0.717, 1.165) is 0 Å². The molecule has 1 aromatic carbocycles. The summed E-state index contributed by atoms with van der Waals surface area (Å²) in [4.78, 5) is 11.5. The number of anilines is 1. The van der Waals surface area contributed by atoms with Crippen LogP contribution in [-0.2, 0) is 4.74 Å². The van der Waals surface area contributed by atoms with Crippen LogP contribution in [-0.4, -0.2) is 24.3 Å². The lowest BCUT2D eigenvalue weighted by atomic mass is 10.2. The number of nitrogens with one attached hydrogen (secondary N) is 2. The molecule has 2 N–H and O–H groups in total. The molecule has 0 aliphatic carbocycles. The van der Waals surface area contributed by atoms with Crippen LogP contribution in [0, 0.1) is 17.1 Å². The van der Waals surface area contributed by atoms with Crippen LogP contribution < -0.4 is 10.6 Å². The Kier molecular flexibility index (Phi) is 5.32. The lowest BCUT2D eigenvalue weighted by molar-refractivity contribution is 0.0527. The number of amides is 1. The molecule has 0 aliphatic heterocycles. The van der Waals surface area contributed by atoms with Gasteiger partial charge in [-0.15, -0.1) is 0 Å². The molecule has 1 unspecified atom stereocenters. The van der Waals surface area contributed by atoms with Gasteiger partial charge in [-0.1, -0.05) is 6.07 Å². The highest BCUT2D eigenvalue weighted by Crippen LogP contribution is 2.10. The summed E-state index contributed by atoms with van der Waals surface area (Å²) in [5.74, 6) is -0.396. The van der Waals surface area contributed by atoms with Crippen molar-refractivity contribution in [1.29, 1.82) is 5.26 Å². The van der Waals surface area contributed by atoms with Gasteiger partial charge in [0.15, 0.2) is 0 Å². The first-order valence-corrected chi connectivity index (χ1v) is 6.19. The van der Waals surface area contributed by atoms with Crippen molar-refractivity contribution in [3.63, 3.8) is 0 Å². The Morgan fingerprint density at radius 1 is 1.50 bits per heavy atom. The van der Waals surface area contributed by atoms with Gasteiger partial charge in [0.2, 0.25) is 0 Å². The maximum absolute atomic E-state index is 13.0. The van der Waals surface area contributed by atoms with E-state index >= 15 is 0 Å². The molecule has 0 saturated carbocycles. The van der Waals surface area contributed by atoms with Gasteiger partial charge in [0.05, 0.1) is 12.6 Å². The Morgan fingerprint density at radius 2 is 2.20 bits per heavy atom. The third kappa shape index (κ3) is 6.05. The van der Waals surface area contributed by atoms with Gasteiger partial charge in [-0.3, -0.25) is 0 Å². The number of nitriles is 1. The quantitative estimate of drug-likeness (QED) is 0.888. The first-order valence-electron chi connectivity index (χ1n) is 6.19. The standard InChI is InChI=1S/C14H18FN3O2/c1-14(2,3)20-13(19)17-9-12(8-16)18-11-6-4-5-10(15)7-11/h4-7,12,18H,9H2,1-3H3,(H,17,19). The van der Waals surface area contributed by atoms with E-state index in [0.29, 0.717) is 5.69 Å². The molecule has 1 amide bonds. The predicted octanol–water partition coefficient (Wildman–Crippen LogP) is 2.65. The molecule has 0 aromatic heterocycles. The molecule has 1 rings (SSSR count). The van der Waals surface area contributed by atoms with Crippen molar-refractivity contribution in [3.8, 4) is 6.07 Å². The average Bonchev–Trinajstić information content (AvgIpc) is 2.32. The molecule has 0 aliphatic rings. The number of hydrogen-bond acceptors (Lipinski definition) is 4. The van der Waals surface area contributed by atoms with Crippen molar-refractivity contribution >= 4 is 11.8 Å². The second-order valence-corrected chi connectivity index (χ2v) is 5.22. The zero-order chi connectivity index (χ0) is 15.2. The van der Waals surface area contributed by atoms with E-state index in [-0.39, 0.29) is 6.54 Å². The highest BCUT2D eigenvalue weighted by Gasteiger charge is 2.17. The number of carbonyl (C=O) groups is 1. The van der Waals surface area contributed by atoms with Crippen molar-refractivity contribution in [1.82, 2.24) is 5.32 Å². The SMILES string of the molecule is CC(C)(C)OC(=O)NCC(C#N)Nc1cccc(F)c1. The fourth-order valence-corrected chi connectivity index (χ4v) is 1.41. The van der Waals surface area contributed by atoms with Crippen LogP contribution in [0.3, 0.4) is 0 Å². The van der Waals surface area contributed by atoms with Crippen LogP contribution in [0.25, 0.3) is 0 Å². The first-order chi connectivity index (χ1) is 9.30. The lowest BCUT2D eigenvalue weighted by Crippen LogP contribution is -2.39. The Morgan fingerprint density at radius 3 is 2.75 bits per heavy atom. The molecule has 0 radical (unpaired) electrons. The van der Waals surface area contributed by atoms with Crippen molar-refractivity contribution < 1.29 is 13.9 Å². The average molecular weight is 279 g/mol. The lowest BCUT2D eigenvalue weighted by Gasteiger charge is -2.20. The smallest absolute Gasteiger partial charge is 0.407 e. The van der Waals surface area contributed by atoms with Crippen molar-refractivity contribution in [2.24, 2.45) is 0 Å². The van der Waals surface area contributed by atoms with Gasteiger partial charge in [0.25, 0.3) is 0 Å². The second kappa shape index (κ2) is 6.75. The van der Waals surface area contributed by atoms with Crippen molar-refractivity contribution in [2.75, 3.05) is 11.9 Å². The van der Waals surface area contributed by atoms with Crippen LogP contribution >= 0.6 is 0 Å². The molecule has 108 valence electrons. The molecule has 5 nitrogen and oxygen atoms in total. The summed E-state index contributed by atoms with van der Waals surface area (Å²) in [5.41, 5.74) is -0.120. The van der Waals surface area contributed by atoms with Crippen LogP contribution in [0.5, 0.6) is 0 Å². The van der Waals surface area contributed by atoms with Gasteiger partial charge in [0.1, 0.15) is 17.5 Å². The number of benzene rings is 1. The molecule has 1 atom stereocenters. The Balaban J connectivity index is 2.49. The van der Waals surface area contributed by atoms with Crippen LogP contribution in [0.2, 0.25) is 0 Å². The minimum absolute atomic E-state index is 0.0575. The van der Waals surface area contributed by atoms with E-state index in [1.165, 1.54) is 18.2 Å². The maximum atomic E-state index is 13.0. The summed E-state index contributed by atoms with van der Waals surface area (Å²) in [6, 6.07) is 7.07. The Bertz CT molecular complexity index is 506. The van der Waals surface area contributed by atoms with Gasteiger partial charge in [0, 0.05) is 5.69 Å². The molecule has 6 heteroatoms. The van der Waals surface area contributed by atoms with Gasteiger partial charge in [-0.2, -0.15) is 5.26 Å². The third-order valence-corrected chi connectivity index (χ3v) is 2.17. The topological polar surface area (TPSA) is 74.1 Å². The summed E-state index contributed by atoms with van der Waals surface area (Å²) in [5, 5.41) is 14.3. The summed E-state index contributed by atoms with van der Waals surface area (Å²) >= 11 is 0. The molecule has 1 aromatic rings. The highest BCUT2D eigenvalue weighted by atomic mass is 19.1. The summed E-state index contributed by atoms with van der Waals surface area (Å²) in [6.07, 6.45) is -0.598. The monoisotopic (exact) mass is 279 g/mol. The van der Waals surface area contributed by atoms with Crippen LogP contribution in [0.4, 0.5) is 14.9 Å². The predicted molar refractivity (Wildman–Crippen MR) is 73.7 cm³/mol. The van der Waals surface area contributed by atoms with Crippen molar-refractivity contribution in [2.45, 2.75) is 32.4 Å². The van der Waals surface area contributed by atoms with E-state index < -0.39 is 23.6 Å². The molecular formula is C14H18FN3O2. The summed E-state index contributed by atoms with van der Waals surface area (Å²) < 4.78 is 18.1. The largest absolute Gasteiger partial charge is 0.444 e. The number of ether oxygens (including phenoxy) is 1. The molecule has 0 heterocycles. The zero-order valence-corrected chi connectivity index (χ0v) is 11.7. The number of alkyl carbamates (subject to hydrolysis) is 1. The van der Waals surface area contributed by atoms with E-state index in [1.807, 2.05) is 6.07 Å². The number of carbonyl (C=O) groups excluding carboxylic acids is 1. The maximum Gasteiger partial charge on any atom is 0.407 e. The normalized spacial score (nSPS) is 12.2. The van der Waals surface area contributed by atoms with E-state index in [9.17, 15) is 9.18 Å². The number of halogens is 1. The van der Waals surface area contributed by atoms with Gasteiger partial charge >= 0.3 is 6.09 Å². The highest BCUT2D eigenvalue weighted by molar-refractivity contribution is 5.67. The number of nitrogens with zero attached hydrogens (tertiary/aromatic N) is 1. The molecule has 20 heavy (non-hydrogen) atoms. The summed E-state index contributed by atoms with van der Waals surface area (Å²) in [6.45, 7) is 5.31. The minimum atomic E-state index is -0.677. The molecule has 0 spiro atoms. The Labute approximate surface area is 117 Å². The van der Waals surface area contributed by atoms with Gasteiger partial charge < -0.3 is 15.4 Å². The van der Waals surface area contributed by atoms with Gasteiger partial charge in [-0.05, 0) is 39.0 Å². The molecule has 0 saturated heterocycles. The Hall–Kier alpha value is -2.29. The molecular weight excluding hydrogens is 261 g/mol. The third-order valence-electron chi connectivity index (χ3n) is 2.17. The summed E-state index contributed by atoms with van der Waals surface area (Å²) in [7, 11) is 0. The first kappa shape index (κ1) is 15.8. The van der Waals surface area contributed by atoms with Crippen LogP contribution in [0.15, 0.2) is 24.3 Å². The van der Waals surface area contributed by atoms with E-state index in [2.05, 4.69) is 10.6 Å². The fraction of sp³-hybridized carbons (Fsp3) is 0.429. The van der Waals surface area contributed by atoms with Gasteiger partial charge in [-0.25, -0.2) is 9.18 Å². The minimum Gasteiger partial charge on any atom is -0.444 e. The zero-order valence-electron chi connectivity index (χ0n) is 11.7. The van der Waals surface area contributed by atoms with E-state index in [4.69, 9.17) is 10.00 Å². The number of rotatable bonds is 4.